The Hall–Kier alpha value is -2.63. The third kappa shape index (κ3) is 3.19. The molecule has 6 nitrogen and oxygen atoms in total. The molecule has 2 aromatic heterocycles. The van der Waals surface area contributed by atoms with Crippen LogP contribution in [-0.2, 0) is 6.42 Å². The molecule has 0 atom stereocenters. The zero-order chi connectivity index (χ0) is 13.7. The van der Waals surface area contributed by atoms with Crippen molar-refractivity contribution in [3.8, 4) is 0 Å². The number of aromatic nitrogens is 1. The van der Waals surface area contributed by atoms with Crippen LogP contribution in [0.15, 0.2) is 40.9 Å². The highest BCUT2D eigenvalue weighted by atomic mass is 16.4. The molecule has 0 spiro atoms. The van der Waals surface area contributed by atoms with E-state index in [0.29, 0.717) is 12.2 Å². The van der Waals surface area contributed by atoms with Crippen LogP contribution < -0.4 is 10.9 Å². The summed E-state index contributed by atoms with van der Waals surface area (Å²) < 4.78 is 5.25. The first-order valence-corrected chi connectivity index (χ1v) is 5.81. The Morgan fingerprint density at radius 1 is 1.16 bits per heavy atom. The number of pyridine rings is 1. The van der Waals surface area contributed by atoms with E-state index in [2.05, 4.69) is 15.8 Å². The van der Waals surface area contributed by atoms with Crippen molar-refractivity contribution in [2.24, 2.45) is 0 Å². The highest BCUT2D eigenvalue weighted by molar-refractivity contribution is 5.96. The first-order chi connectivity index (χ1) is 9.20. The van der Waals surface area contributed by atoms with Crippen molar-refractivity contribution in [1.82, 2.24) is 15.8 Å². The maximum atomic E-state index is 11.7. The summed E-state index contributed by atoms with van der Waals surface area (Å²) >= 11 is 0. The Bertz CT molecular complexity index is 578. The second kappa shape index (κ2) is 5.81. The zero-order valence-corrected chi connectivity index (χ0v) is 10.3. The van der Waals surface area contributed by atoms with Crippen LogP contribution in [0.4, 0.5) is 0 Å². The molecule has 0 fully saturated rings. The molecule has 98 valence electrons. The number of amides is 2. The van der Waals surface area contributed by atoms with E-state index in [1.165, 1.54) is 6.20 Å². The van der Waals surface area contributed by atoms with Crippen LogP contribution in [0.2, 0.25) is 0 Å². The van der Waals surface area contributed by atoms with Crippen LogP contribution in [0, 0.1) is 0 Å². The molecule has 0 aromatic carbocycles. The average molecular weight is 259 g/mol. The second-order valence-corrected chi connectivity index (χ2v) is 3.74. The average Bonchev–Trinajstić information content (AvgIpc) is 2.94. The van der Waals surface area contributed by atoms with Crippen molar-refractivity contribution in [1.29, 1.82) is 0 Å². The predicted molar refractivity (Wildman–Crippen MR) is 67.3 cm³/mol. The quantitative estimate of drug-likeness (QED) is 0.814. The van der Waals surface area contributed by atoms with Gasteiger partial charge in [0.1, 0.15) is 11.5 Å². The van der Waals surface area contributed by atoms with Crippen LogP contribution in [0.3, 0.4) is 0 Å². The Morgan fingerprint density at radius 3 is 2.58 bits per heavy atom. The fraction of sp³-hybridized carbons (Fsp3) is 0.154. The number of hydrazine groups is 1. The summed E-state index contributed by atoms with van der Waals surface area (Å²) in [5.41, 5.74) is 4.74. The van der Waals surface area contributed by atoms with Gasteiger partial charge in [-0.1, -0.05) is 13.0 Å². The van der Waals surface area contributed by atoms with Gasteiger partial charge in [0.15, 0.2) is 5.76 Å². The molecule has 0 aliphatic rings. The molecule has 19 heavy (non-hydrogen) atoms. The topological polar surface area (TPSA) is 84.2 Å². The second-order valence-electron chi connectivity index (χ2n) is 3.74. The van der Waals surface area contributed by atoms with E-state index < -0.39 is 11.8 Å². The van der Waals surface area contributed by atoms with Gasteiger partial charge in [0.25, 0.3) is 5.91 Å². The molecule has 0 saturated carbocycles. The molecular formula is C13H13N3O3. The molecule has 0 saturated heterocycles. The van der Waals surface area contributed by atoms with Gasteiger partial charge < -0.3 is 4.42 Å². The highest BCUT2D eigenvalue weighted by Gasteiger charge is 2.12. The Labute approximate surface area is 109 Å². The molecule has 2 amide bonds. The van der Waals surface area contributed by atoms with Crippen LogP contribution in [-0.4, -0.2) is 16.8 Å². The lowest BCUT2D eigenvalue weighted by molar-refractivity contribution is 0.0827. The molecule has 2 heterocycles. The number of hydrogen-bond acceptors (Lipinski definition) is 4. The summed E-state index contributed by atoms with van der Waals surface area (Å²) in [7, 11) is 0. The minimum Gasteiger partial charge on any atom is -0.456 e. The monoisotopic (exact) mass is 259 g/mol. The molecule has 2 N–H and O–H groups in total. The Kier molecular flexibility index (Phi) is 3.92. The van der Waals surface area contributed by atoms with E-state index >= 15 is 0 Å². The van der Waals surface area contributed by atoms with Gasteiger partial charge in [-0.2, -0.15) is 0 Å². The molecule has 0 aliphatic heterocycles. The Morgan fingerprint density at radius 2 is 1.95 bits per heavy atom. The number of carbonyl (C=O) groups is 2. The molecule has 0 bridgehead atoms. The van der Waals surface area contributed by atoms with E-state index in [-0.39, 0.29) is 11.5 Å². The van der Waals surface area contributed by atoms with Gasteiger partial charge in [-0.05, 0) is 24.3 Å². The van der Waals surface area contributed by atoms with Gasteiger partial charge in [-0.25, -0.2) is 0 Å². The van der Waals surface area contributed by atoms with E-state index in [1.807, 2.05) is 6.92 Å². The number of furan rings is 1. The van der Waals surface area contributed by atoms with E-state index in [1.54, 1.807) is 30.3 Å². The van der Waals surface area contributed by atoms with Gasteiger partial charge in [-0.3, -0.25) is 25.4 Å². The molecule has 0 unspecified atom stereocenters. The van der Waals surface area contributed by atoms with Gasteiger partial charge in [0.2, 0.25) is 0 Å². The lowest BCUT2D eigenvalue weighted by Crippen LogP contribution is -2.41. The fourth-order valence-corrected chi connectivity index (χ4v) is 1.43. The molecule has 6 heteroatoms. The molecule has 2 aromatic rings. The zero-order valence-electron chi connectivity index (χ0n) is 10.3. The number of hydrogen-bond donors (Lipinski definition) is 2. The largest absolute Gasteiger partial charge is 0.456 e. The molecule has 2 rings (SSSR count). The SMILES string of the molecule is CCc1ccc(C(=O)NNC(=O)c2ccccn2)o1. The van der Waals surface area contributed by atoms with Gasteiger partial charge in [0, 0.05) is 12.6 Å². The predicted octanol–water partition coefficient (Wildman–Crippen LogP) is 1.31. The minimum atomic E-state index is -0.510. The summed E-state index contributed by atoms with van der Waals surface area (Å²) in [5.74, 6) is -0.139. The minimum absolute atomic E-state index is 0.151. The maximum Gasteiger partial charge on any atom is 0.305 e. The van der Waals surface area contributed by atoms with Gasteiger partial charge in [0.05, 0.1) is 0 Å². The number of nitrogens with one attached hydrogen (secondary N) is 2. The summed E-state index contributed by atoms with van der Waals surface area (Å²) in [5, 5.41) is 0. The third-order valence-corrected chi connectivity index (χ3v) is 2.42. The van der Waals surface area contributed by atoms with Crippen LogP contribution in [0.25, 0.3) is 0 Å². The van der Waals surface area contributed by atoms with E-state index in [4.69, 9.17) is 4.42 Å². The van der Waals surface area contributed by atoms with Crippen molar-refractivity contribution < 1.29 is 14.0 Å². The molecule has 0 radical (unpaired) electrons. The van der Waals surface area contributed by atoms with Crippen molar-refractivity contribution in [3.63, 3.8) is 0 Å². The first-order valence-electron chi connectivity index (χ1n) is 5.81. The van der Waals surface area contributed by atoms with Crippen molar-refractivity contribution in [2.75, 3.05) is 0 Å². The summed E-state index contributed by atoms with van der Waals surface area (Å²) in [6.45, 7) is 1.92. The Balaban J connectivity index is 1.92. The molecule has 0 aliphatic carbocycles. The lowest BCUT2D eigenvalue weighted by Gasteiger charge is -2.04. The van der Waals surface area contributed by atoms with Crippen molar-refractivity contribution >= 4 is 11.8 Å². The number of nitrogens with zero attached hydrogens (tertiary/aromatic N) is 1. The highest BCUT2D eigenvalue weighted by Crippen LogP contribution is 2.07. The lowest BCUT2D eigenvalue weighted by atomic mass is 10.3. The van der Waals surface area contributed by atoms with Crippen molar-refractivity contribution in [3.05, 3.63) is 53.7 Å². The van der Waals surface area contributed by atoms with Gasteiger partial charge in [-0.15, -0.1) is 0 Å². The summed E-state index contributed by atoms with van der Waals surface area (Å²) in [6.07, 6.45) is 2.20. The van der Waals surface area contributed by atoms with Crippen LogP contribution in [0.1, 0.15) is 33.7 Å². The first kappa shape index (κ1) is 12.8. The van der Waals surface area contributed by atoms with Crippen molar-refractivity contribution in [2.45, 2.75) is 13.3 Å². The fourth-order valence-electron chi connectivity index (χ4n) is 1.43. The number of aryl methyl sites for hydroxylation is 1. The van der Waals surface area contributed by atoms with Gasteiger partial charge >= 0.3 is 5.91 Å². The molecular weight excluding hydrogens is 246 g/mol. The summed E-state index contributed by atoms with van der Waals surface area (Å²) in [4.78, 5) is 27.2. The number of rotatable bonds is 3. The van der Waals surface area contributed by atoms with E-state index in [0.717, 1.165) is 0 Å². The van der Waals surface area contributed by atoms with Crippen LogP contribution in [0.5, 0.6) is 0 Å². The normalized spacial score (nSPS) is 9.95. The summed E-state index contributed by atoms with van der Waals surface area (Å²) in [6, 6.07) is 8.20. The third-order valence-electron chi connectivity index (χ3n) is 2.42. The smallest absolute Gasteiger partial charge is 0.305 e. The van der Waals surface area contributed by atoms with E-state index in [9.17, 15) is 9.59 Å². The maximum absolute atomic E-state index is 11.7. The standard InChI is InChI=1S/C13H13N3O3/c1-2-9-6-7-11(19-9)13(18)16-15-12(17)10-5-3-4-8-14-10/h3-8H,2H2,1H3,(H,15,17)(H,16,18). The van der Waals surface area contributed by atoms with Crippen LogP contribution >= 0.6 is 0 Å². The number of carbonyl (C=O) groups excluding carboxylic acids is 2.